The summed E-state index contributed by atoms with van der Waals surface area (Å²) in [5.41, 5.74) is 0.397. The first kappa shape index (κ1) is 12.7. The number of nitrogens with zero attached hydrogens (tertiary/aromatic N) is 3. The maximum Gasteiger partial charge on any atom is 0.176 e. The number of phenols is 2. The molecule has 0 amide bonds. The predicted molar refractivity (Wildman–Crippen MR) is 71.6 cm³/mol. The van der Waals surface area contributed by atoms with E-state index in [4.69, 9.17) is 0 Å². The SMILES string of the molecule is O=C(CN1CCn2ccnc2C1)c1ccc(O)c(O)c1. The Morgan fingerprint density at radius 3 is 2.90 bits per heavy atom. The molecule has 6 heteroatoms. The predicted octanol–water partition coefficient (Wildman–Crippen LogP) is 0.993. The number of ketones is 1. The Morgan fingerprint density at radius 1 is 1.25 bits per heavy atom. The van der Waals surface area contributed by atoms with Crippen LogP contribution < -0.4 is 0 Å². The Hall–Kier alpha value is -2.34. The molecule has 6 nitrogen and oxygen atoms in total. The Morgan fingerprint density at radius 2 is 2.10 bits per heavy atom. The first-order valence-corrected chi connectivity index (χ1v) is 6.41. The number of aromatic hydroxyl groups is 2. The molecule has 2 heterocycles. The molecule has 0 aliphatic carbocycles. The molecule has 1 aliphatic heterocycles. The number of benzene rings is 1. The maximum absolute atomic E-state index is 12.2. The van der Waals surface area contributed by atoms with Gasteiger partial charge in [-0.3, -0.25) is 9.69 Å². The van der Waals surface area contributed by atoms with Crippen LogP contribution in [-0.4, -0.2) is 43.5 Å². The van der Waals surface area contributed by atoms with Crippen molar-refractivity contribution in [3.63, 3.8) is 0 Å². The quantitative estimate of drug-likeness (QED) is 0.644. The van der Waals surface area contributed by atoms with E-state index in [2.05, 4.69) is 9.55 Å². The average Bonchev–Trinajstić information content (AvgIpc) is 2.89. The minimum Gasteiger partial charge on any atom is -0.504 e. The molecule has 0 bridgehead atoms. The molecule has 0 spiro atoms. The smallest absolute Gasteiger partial charge is 0.176 e. The number of fused-ring (bicyclic) bond motifs is 1. The number of aromatic nitrogens is 2. The Kier molecular flexibility index (Phi) is 3.15. The van der Waals surface area contributed by atoms with Crippen LogP contribution >= 0.6 is 0 Å². The summed E-state index contributed by atoms with van der Waals surface area (Å²) in [5, 5.41) is 18.7. The minimum atomic E-state index is -0.273. The number of carbonyl (C=O) groups is 1. The number of rotatable bonds is 3. The van der Waals surface area contributed by atoms with E-state index >= 15 is 0 Å². The summed E-state index contributed by atoms with van der Waals surface area (Å²) < 4.78 is 2.08. The van der Waals surface area contributed by atoms with Crippen molar-refractivity contribution >= 4 is 5.78 Å². The van der Waals surface area contributed by atoms with Crippen LogP contribution in [0.15, 0.2) is 30.6 Å². The van der Waals surface area contributed by atoms with Crippen LogP contribution in [0.4, 0.5) is 0 Å². The van der Waals surface area contributed by atoms with Crippen molar-refractivity contribution in [2.45, 2.75) is 13.1 Å². The van der Waals surface area contributed by atoms with Crippen LogP contribution in [0.3, 0.4) is 0 Å². The molecule has 0 saturated carbocycles. The topological polar surface area (TPSA) is 78.6 Å². The zero-order valence-corrected chi connectivity index (χ0v) is 10.9. The molecule has 2 aromatic rings. The molecule has 20 heavy (non-hydrogen) atoms. The highest BCUT2D eigenvalue weighted by Crippen LogP contribution is 2.25. The van der Waals surface area contributed by atoms with Crippen LogP contribution in [0.1, 0.15) is 16.2 Å². The Balaban J connectivity index is 1.69. The van der Waals surface area contributed by atoms with Gasteiger partial charge in [0.05, 0.1) is 13.1 Å². The highest BCUT2D eigenvalue weighted by atomic mass is 16.3. The Bertz CT molecular complexity index is 651. The number of hydrogen-bond donors (Lipinski definition) is 2. The van der Waals surface area contributed by atoms with Crippen LogP contribution in [0.5, 0.6) is 11.5 Å². The molecule has 0 radical (unpaired) electrons. The van der Waals surface area contributed by atoms with Gasteiger partial charge >= 0.3 is 0 Å². The summed E-state index contributed by atoms with van der Waals surface area (Å²) in [7, 11) is 0. The van der Waals surface area contributed by atoms with Gasteiger partial charge in [0.25, 0.3) is 0 Å². The normalized spacial score (nSPS) is 15.0. The van der Waals surface area contributed by atoms with Gasteiger partial charge in [0.1, 0.15) is 5.82 Å². The van der Waals surface area contributed by atoms with Crippen LogP contribution in [0.25, 0.3) is 0 Å². The molecule has 0 atom stereocenters. The van der Waals surface area contributed by atoms with E-state index in [0.717, 1.165) is 18.9 Å². The minimum absolute atomic E-state index is 0.0830. The van der Waals surface area contributed by atoms with Crippen molar-refractivity contribution < 1.29 is 15.0 Å². The molecular formula is C14H15N3O3. The zero-order chi connectivity index (χ0) is 14.1. The van der Waals surface area contributed by atoms with Gasteiger partial charge in [-0.1, -0.05) is 0 Å². The molecule has 0 fully saturated rings. The summed E-state index contributed by atoms with van der Waals surface area (Å²) >= 11 is 0. The zero-order valence-electron chi connectivity index (χ0n) is 10.9. The second-order valence-corrected chi connectivity index (χ2v) is 4.87. The summed E-state index contributed by atoms with van der Waals surface area (Å²) in [6.45, 7) is 2.53. The monoisotopic (exact) mass is 273 g/mol. The van der Waals surface area contributed by atoms with Gasteiger partial charge in [0.15, 0.2) is 17.3 Å². The second kappa shape index (κ2) is 4.97. The van der Waals surface area contributed by atoms with E-state index < -0.39 is 0 Å². The number of hydrogen-bond acceptors (Lipinski definition) is 5. The molecule has 0 unspecified atom stereocenters. The lowest BCUT2D eigenvalue weighted by Gasteiger charge is -2.26. The molecule has 1 aliphatic rings. The summed E-state index contributed by atoms with van der Waals surface area (Å²) in [4.78, 5) is 18.4. The number of imidazole rings is 1. The van der Waals surface area contributed by atoms with E-state index in [9.17, 15) is 15.0 Å². The van der Waals surface area contributed by atoms with Crippen LogP contribution in [0.2, 0.25) is 0 Å². The average molecular weight is 273 g/mol. The molecule has 1 aromatic heterocycles. The third kappa shape index (κ3) is 2.37. The summed E-state index contributed by atoms with van der Waals surface area (Å²) in [6.07, 6.45) is 3.70. The fraction of sp³-hybridized carbons (Fsp3) is 0.286. The van der Waals surface area contributed by atoms with Gasteiger partial charge in [-0.25, -0.2) is 4.98 Å². The summed E-state index contributed by atoms with van der Waals surface area (Å²) in [6, 6.07) is 4.14. The van der Waals surface area contributed by atoms with E-state index in [1.165, 1.54) is 18.2 Å². The maximum atomic E-state index is 12.2. The fourth-order valence-corrected chi connectivity index (χ4v) is 2.35. The Labute approximate surface area is 115 Å². The first-order chi connectivity index (χ1) is 9.63. The highest BCUT2D eigenvalue weighted by molar-refractivity contribution is 5.98. The van der Waals surface area contributed by atoms with Crippen molar-refractivity contribution in [2.75, 3.05) is 13.1 Å². The van der Waals surface area contributed by atoms with Crippen molar-refractivity contribution in [2.24, 2.45) is 0 Å². The molecule has 1 aromatic carbocycles. The van der Waals surface area contributed by atoms with Gasteiger partial charge in [-0.15, -0.1) is 0 Å². The van der Waals surface area contributed by atoms with Crippen molar-refractivity contribution in [1.29, 1.82) is 0 Å². The number of Topliss-reactive ketones (excluding diaryl/α,β-unsaturated/α-hetero) is 1. The van der Waals surface area contributed by atoms with E-state index in [0.29, 0.717) is 12.1 Å². The lowest BCUT2D eigenvalue weighted by atomic mass is 10.1. The molecule has 3 rings (SSSR count). The van der Waals surface area contributed by atoms with E-state index in [1.807, 2.05) is 11.1 Å². The molecule has 2 N–H and O–H groups in total. The lowest BCUT2D eigenvalue weighted by Crippen LogP contribution is -2.37. The molecular weight excluding hydrogens is 258 g/mol. The van der Waals surface area contributed by atoms with Gasteiger partial charge in [-0.05, 0) is 18.2 Å². The fourth-order valence-electron chi connectivity index (χ4n) is 2.35. The standard InChI is InChI=1S/C14H15N3O3/c18-11-2-1-10(7-12(11)19)13(20)8-16-5-6-17-4-3-15-14(17)9-16/h1-4,7,18-19H,5-6,8-9H2. The van der Waals surface area contributed by atoms with Gasteiger partial charge < -0.3 is 14.8 Å². The second-order valence-electron chi connectivity index (χ2n) is 4.87. The lowest BCUT2D eigenvalue weighted by molar-refractivity contribution is 0.0907. The van der Waals surface area contributed by atoms with Gasteiger partial charge in [0.2, 0.25) is 0 Å². The number of carbonyl (C=O) groups excluding carboxylic acids is 1. The number of phenolic OH excluding ortho intramolecular Hbond substituents is 2. The molecule has 104 valence electrons. The van der Waals surface area contributed by atoms with Crippen molar-refractivity contribution in [3.05, 3.63) is 42.0 Å². The third-order valence-corrected chi connectivity index (χ3v) is 3.49. The van der Waals surface area contributed by atoms with Crippen LogP contribution in [-0.2, 0) is 13.1 Å². The van der Waals surface area contributed by atoms with E-state index in [-0.39, 0.29) is 23.8 Å². The molecule has 0 saturated heterocycles. The largest absolute Gasteiger partial charge is 0.504 e. The van der Waals surface area contributed by atoms with Crippen molar-refractivity contribution in [1.82, 2.24) is 14.5 Å². The van der Waals surface area contributed by atoms with Crippen LogP contribution in [0, 0.1) is 0 Å². The van der Waals surface area contributed by atoms with Gasteiger partial charge in [-0.2, -0.15) is 0 Å². The first-order valence-electron chi connectivity index (χ1n) is 6.41. The third-order valence-electron chi connectivity index (χ3n) is 3.49. The van der Waals surface area contributed by atoms with E-state index in [1.54, 1.807) is 6.20 Å². The highest BCUT2D eigenvalue weighted by Gasteiger charge is 2.19. The van der Waals surface area contributed by atoms with Crippen molar-refractivity contribution in [3.8, 4) is 11.5 Å². The van der Waals surface area contributed by atoms with Gasteiger partial charge in [0, 0.05) is 31.0 Å². The summed E-state index contributed by atoms with van der Waals surface area (Å²) in [5.74, 6) is 0.379.